The van der Waals surface area contributed by atoms with Crippen LogP contribution in [0, 0.1) is 11.8 Å². The highest BCUT2D eigenvalue weighted by Gasteiger charge is 2.45. The minimum absolute atomic E-state index is 0.478. The zero-order valence-electron chi connectivity index (χ0n) is 19.1. The zero-order chi connectivity index (χ0) is 20.5. The average Bonchev–Trinajstić information content (AvgIpc) is 3.09. The van der Waals surface area contributed by atoms with E-state index in [2.05, 4.69) is 60.0 Å². The smallest absolute Gasteiger partial charge is 0.200 e. The summed E-state index contributed by atoms with van der Waals surface area (Å²) in [5.41, 5.74) is 9.49. The van der Waals surface area contributed by atoms with E-state index in [0.29, 0.717) is 28.5 Å². The number of hydroxylamine groups is 1. The van der Waals surface area contributed by atoms with Crippen molar-refractivity contribution in [2.75, 3.05) is 6.61 Å². The highest BCUT2D eigenvalue weighted by molar-refractivity contribution is 6.77. The molecule has 0 fully saturated rings. The summed E-state index contributed by atoms with van der Waals surface area (Å²) in [6.45, 7) is 17.6. The molecular formula is C24H41NO2Si. The first-order valence-corrected chi connectivity index (χ1v) is 13.6. The van der Waals surface area contributed by atoms with E-state index in [1.165, 1.54) is 43.3 Å². The van der Waals surface area contributed by atoms with Crippen molar-refractivity contribution in [3.05, 3.63) is 34.8 Å². The van der Waals surface area contributed by atoms with Gasteiger partial charge in [-0.15, -0.1) is 0 Å². The molecule has 1 aliphatic heterocycles. The first kappa shape index (κ1) is 21.7. The summed E-state index contributed by atoms with van der Waals surface area (Å²) in [6, 6.07) is 0. The van der Waals surface area contributed by atoms with Gasteiger partial charge in [-0.25, -0.2) is 5.48 Å². The Bertz CT molecular complexity index is 638. The summed E-state index contributed by atoms with van der Waals surface area (Å²) in [4.78, 5) is 5.58. The molecule has 4 heteroatoms. The Hall–Kier alpha value is -1.00. The second-order valence-corrected chi connectivity index (χ2v) is 15.4. The number of nitrogens with one attached hydrogen (secondary N) is 1. The molecule has 0 amide bonds. The molecule has 3 aliphatic rings. The molecule has 0 aromatic carbocycles. The molecule has 0 aromatic rings. The molecule has 158 valence electrons. The van der Waals surface area contributed by atoms with E-state index >= 15 is 0 Å². The second-order valence-electron chi connectivity index (χ2n) is 9.93. The number of hydrogen-bond donors (Lipinski definition) is 1. The lowest BCUT2D eigenvalue weighted by Crippen LogP contribution is -2.48. The van der Waals surface area contributed by atoms with Crippen molar-refractivity contribution < 1.29 is 9.26 Å². The molecule has 0 saturated carbocycles. The van der Waals surface area contributed by atoms with Gasteiger partial charge in [-0.3, -0.25) is 0 Å². The average molecular weight is 404 g/mol. The quantitative estimate of drug-likeness (QED) is 0.349. The molecule has 0 bridgehead atoms. The van der Waals surface area contributed by atoms with Gasteiger partial charge in [-0.2, -0.15) is 0 Å². The highest BCUT2D eigenvalue weighted by atomic mass is 28.4. The first-order chi connectivity index (χ1) is 13.3. The molecule has 0 aromatic heterocycles. The van der Waals surface area contributed by atoms with Crippen LogP contribution in [0.5, 0.6) is 0 Å². The van der Waals surface area contributed by atoms with Crippen LogP contribution in [0.15, 0.2) is 34.8 Å². The standard InChI is InChI=1S/C24H41NO2Si/c1-16(2)28(17(3)4,18(5)6)26-13-9-12-20-10-8-11-21-14-23-22(15-25-27-23)19(7)24(20)21/h14-20,25H,8-13H2,1-7H3/t19-,20?/m0/s1. The van der Waals surface area contributed by atoms with Crippen molar-refractivity contribution in [1.29, 1.82) is 0 Å². The van der Waals surface area contributed by atoms with Gasteiger partial charge in [0.25, 0.3) is 0 Å². The van der Waals surface area contributed by atoms with Crippen molar-refractivity contribution in [1.82, 2.24) is 5.48 Å². The molecule has 28 heavy (non-hydrogen) atoms. The lowest BCUT2D eigenvalue weighted by Gasteiger charge is -2.42. The van der Waals surface area contributed by atoms with Crippen LogP contribution >= 0.6 is 0 Å². The SMILES string of the molecule is CC(C)[Si](OCCCC1CCCC2=C1[C@@H](C)C1=CNOC1=C2)(C(C)C)C(C)C. The highest BCUT2D eigenvalue weighted by Crippen LogP contribution is 2.47. The molecule has 1 N–H and O–H groups in total. The van der Waals surface area contributed by atoms with Crippen molar-refractivity contribution in [2.24, 2.45) is 11.8 Å². The normalized spacial score (nSPS) is 24.8. The number of rotatable bonds is 8. The summed E-state index contributed by atoms with van der Waals surface area (Å²) < 4.78 is 6.81. The van der Waals surface area contributed by atoms with Gasteiger partial charge in [0, 0.05) is 24.3 Å². The van der Waals surface area contributed by atoms with Gasteiger partial charge in [0.2, 0.25) is 0 Å². The Morgan fingerprint density at radius 1 is 1.14 bits per heavy atom. The minimum atomic E-state index is -1.74. The third kappa shape index (κ3) is 3.87. The molecule has 2 atom stereocenters. The largest absolute Gasteiger partial charge is 0.416 e. The van der Waals surface area contributed by atoms with Crippen LogP contribution < -0.4 is 5.48 Å². The maximum Gasteiger partial charge on any atom is 0.200 e. The van der Waals surface area contributed by atoms with Crippen LogP contribution in [0.2, 0.25) is 16.6 Å². The van der Waals surface area contributed by atoms with Crippen LogP contribution in [0.1, 0.15) is 80.6 Å². The van der Waals surface area contributed by atoms with Gasteiger partial charge < -0.3 is 9.26 Å². The zero-order valence-corrected chi connectivity index (χ0v) is 20.1. The van der Waals surface area contributed by atoms with E-state index in [1.807, 2.05) is 6.20 Å². The van der Waals surface area contributed by atoms with E-state index in [-0.39, 0.29) is 0 Å². The van der Waals surface area contributed by atoms with E-state index in [9.17, 15) is 0 Å². The predicted octanol–water partition coefficient (Wildman–Crippen LogP) is 7.01. The molecular weight excluding hydrogens is 362 g/mol. The molecule has 1 unspecified atom stereocenters. The number of allylic oxidation sites excluding steroid dienone is 4. The Morgan fingerprint density at radius 3 is 2.46 bits per heavy atom. The Morgan fingerprint density at radius 2 is 1.82 bits per heavy atom. The van der Waals surface area contributed by atoms with Gasteiger partial charge in [0.05, 0.1) is 0 Å². The van der Waals surface area contributed by atoms with Crippen molar-refractivity contribution in [3.8, 4) is 0 Å². The summed E-state index contributed by atoms with van der Waals surface area (Å²) in [7, 11) is -1.74. The van der Waals surface area contributed by atoms with Crippen molar-refractivity contribution in [2.45, 2.75) is 97.2 Å². The van der Waals surface area contributed by atoms with Gasteiger partial charge >= 0.3 is 0 Å². The molecule has 0 radical (unpaired) electrons. The van der Waals surface area contributed by atoms with Crippen molar-refractivity contribution >= 4 is 8.32 Å². The monoisotopic (exact) mass is 403 g/mol. The van der Waals surface area contributed by atoms with Crippen molar-refractivity contribution in [3.63, 3.8) is 0 Å². The molecule has 2 aliphatic carbocycles. The number of hydrogen-bond acceptors (Lipinski definition) is 3. The third-order valence-electron chi connectivity index (χ3n) is 7.47. The number of fused-ring (bicyclic) bond motifs is 1. The predicted molar refractivity (Wildman–Crippen MR) is 120 cm³/mol. The van der Waals surface area contributed by atoms with Crippen LogP contribution in [0.25, 0.3) is 0 Å². The van der Waals surface area contributed by atoms with E-state index in [1.54, 1.807) is 5.57 Å². The summed E-state index contributed by atoms with van der Waals surface area (Å²) in [6.07, 6.45) is 10.6. The Kier molecular flexibility index (Phi) is 6.81. The maximum atomic E-state index is 6.81. The molecule has 0 saturated heterocycles. The fourth-order valence-electron chi connectivity index (χ4n) is 6.33. The molecule has 3 nitrogen and oxygen atoms in total. The molecule has 0 spiro atoms. The fraction of sp³-hybridized carbons (Fsp3) is 0.750. The van der Waals surface area contributed by atoms with Crippen LogP contribution in [0.4, 0.5) is 0 Å². The van der Waals surface area contributed by atoms with Gasteiger partial charge in [0.15, 0.2) is 14.1 Å². The van der Waals surface area contributed by atoms with Gasteiger partial charge in [0.1, 0.15) is 0 Å². The summed E-state index contributed by atoms with van der Waals surface area (Å²) in [5, 5.41) is 0. The maximum absolute atomic E-state index is 6.81. The van der Waals surface area contributed by atoms with Gasteiger partial charge in [-0.05, 0) is 66.3 Å². The fourth-order valence-corrected chi connectivity index (χ4v) is 11.8. The summed E-state index contributed by atoms with van der Waals surface area (Å²) in [5.74, 6) is 2.22. The third-order valence-corrected chi connectivity index (χ3v) is 13.6. The lowest BCUT2D eigenvalue weighted by molar-refractivity contribution is 0.167. The second kappa shape index (κ2) is 8.79. The Labute approximate surface area is 173 Å². The lowest BCUT2D eigenvalue weighted by atomic mass is 9.70. The van der Waals surface area contributed by atoms with Gasteiger partial charge in [-0.1, -0.05) is 54.0 Å². The van der Waals surface area contributed by atoms with Crippen LogP contribution in [0.3, 0.4) is 0 Å². The van der Waals surface area contributed by atoms with E-state index in [0.717, 1.165) is 12.4 Å². The van der Waals surface area contributed by atoms with Crippen LogP contribution in [-0.2, 0) is 9.26 Å². The minimum Gasteiger partial charge on any atom is -0.416 e. The Balaban J connectivity index is 1.64. The topological polar surface area (TPSA) is 30.5 Å². The van der Waals surface area contributed by atoms with E-state index in [4.69, 9.17) is 9.26 Å². The molecule has 1 heterocycles. The first-order valence-electron chi connectivity index (χ1n) is 11.5. The van der Waals surface area contributed by atoms with Crippen LogP contribution in [-0.4, -0.2) is 14.9 Å². The van der Waals surface area contributed by atoms with E-state index < -0.39 is 8.32 Å². The molecule has 3 rings (SSSR count). The summed E-state index contributed by atoms with van der Waals surface area (Å²) >= 11 is 0.